The second-order valence-corrected chi connectivity index (χ2v) is 5.91. The van der Waals surface area contributed by atoms with Gasteiger partial charge in [0.05, 0.1) is 0 Å². The second-order valence-electron chi connectivity index (χ2n) is 4.49. The molecule has 1 rings (SSSR count). The Kier molecular flexibility index (Phi) is 4.76. The molecule has 0 atom stereocenters. The van der Waals surface area contributed by atoms with Gasteiger partial charge in [0, 0.05) is 19.6 Å². The van der Waals surface area contributed by atoms with Crippen LogP contribution in [0.25, 0.3) is 0 Å². The summed E-state index contributed by atoms with van der Waals surface area (Å²) in [7, 11) is 3.37. The van der Waals surface area contributed by atoms with E-state index in [0.717, 1.165) is 6.42 Å². The van der Waals surface area contributed by atoms with Crippen LogP contribution in [0.15, 0.2) is 30.3 Å². The Hall–Kier alpha value is -0.130. The van der Waals surface area contributed by atoms with Gasteiger partial charge in [-0.3, -0.25) is 0 Å². The van der Waals surface area contributed by atoms with E-state index in [4.69, 9.17) is 9.47 Å². The zero-order chi connectivity index (χ0) is 12.2. The Balaban J connectivity index is 2.86. The number of benzene rings is 1. The van der Waals surface area contributed by atoms with Crippen LogP contribution in [0.3, 0.4) is 0 Å². The van der Waals surface area contributed by atoms with E-state index < -0.39 is 3.79 Å². The van der Waals surface area contributed by atoms with Crippen molar-refractivity contribution in [2.24, 2.45) is 5.41 Å². The lowest BCUT2D eigenvalue weighted by Gasteiger charge is -2.40. The van der Waals surface area contributed by atoms with Crippen LogP contribution >= 0.6 is 22.6 Å². The van der Waals surface area contributed by atoms with Crippen LogP contribution in [0.2, 0.25) is 0 Å². The number of ether oxygens (including phenoxy) is 2. The van der Waals surface area contributed by atoms with Crippen LogP contribution in [0.4, 0.5) is 0 Å². The zero-order valence-electron chi connectivity index (χ0n) is 10.3. The third-order valence-electron chi connectivity index (χ3n) is 2.82. The maximum absolute atomic E-state index is 5.49. The Morgan fingerprint density at radius 3 is 2.00 bits per heavy atom. The van der Waals surface area contributed by atoms with Gasteiger partial charge in [-0.2, -0.15) is 0 Å². The maximum atomic E-state index is 5.49. The minimum atomic E-state index is -0.597. The van der Waals surface area contributed by atoms with E-state index in [1.54, 1.807) is 14.2 Å². The molecule has 0 saturated heterocycles. The lowest BCUT2D eigenvalue weighted by Crippen LogP contribution is -2.43. The van der Waals surface area contributed by atoms with Crippen LogP contribution in [0.5, 0.6) is 0 Å². The summed E-state index contributed by atoms with van der Waals surface area (Å²) in [6, 6.07) is 10.4. The summed E-state index contributed by atoms with van der Waals surface area (Å²) in [6.07, 6.45) is 0.915. The zero-order valence-corrected chi connectivity index (χ0v) is 12.4. The summed E-state index contributed by atoms with van der Waals surface area (Å²) in [5.41, 5.74) is 1.20. The standard InChI is InChI=1S/C13H19IO2/c1-12(2,13(14,15-3)16-4)10-11-8-6-5-7-9-11/h5-9H,10H2,1-4H3. The van der Waals surface area contributed by atoms with Crippen LogP contribution in [-0.4, -0.2) is 18.0 Å². The Labute approximate surface area is 111 Å². The molecular formula is C13H19IO2. The fourth-order valence-electron chi connectivity index (χ4n) is 1.85. The smallest absolute Gasteiger partial charge is 0.226 e. The molecule has 0 bridgehead atoms. The normalized spacial score (nSPS) is 12.8. The number of hydrogen-bond acceptors (Lipinski definition) is 2. The summed E-state index contributed by atoms with van der Waals surface area (Å²) in [5.74, 6) is 0. The summed E-state index contributed by atoms with van der Waals surface area (Å²) in [4.78, 5) is 0. The fourth-order valence-corrected chi connectivity index (χ4v) is 2.04. The third kappa shape index (κ3) is 2.96. The Morgan fingerprint density at radius 2 is 1.56 bits per heavy atom. The summed E-state index contributed by atoms with van der Waals surface area (Å²) >= 11 is 2.23. The van der Waals surface area contributed by atoms with Crippen molar-refractivity contribution < 1.29 is 9.47 Å². The molecule has 0 unspecified atom stereocenters. The largest absolute Gasteiger partial charge is 0.345 e. The third-order valence-corrected chi connectivity index (χ3v) is 5.16. The SMILES string of the molecule is COC(I)(OC)C(C)(C)Cc1ccccc1. The van der Waals surface area contributed by atoms with Gasteiger partial charge in [0.2, 0.25) is 3.79 Å². The lowest BCUT2D eigenvalue weighted by molar-refractivity contribution is -0.183. The number of methoxy groups -OCH3 is 2. The molecule has 0 aliphatic carbocycles. The quantitative estimate of drug-likeness (QED) is 0.465. The molecule has 3 heteroatoms. The van der Waals surface area contributed by atoms with Gasteiger partial charge in [-0.25, -0.2) is 0 Å². The highest BCUT2D eigenvalue weighted by Gasteiger charge is 2.43. The van der Waals surface area contributed by atoms with Crippen LogP contribution in [0.1, 0.15) is 19.4 Å². The van der Waals surface area contributed by atoms with Crippen molar-refractivity contribution in [3.8, 4) is 0 Å². The minimum absolute atomic E-state index is 0.0988. The average molecular weight is 334 g/mol. The molecular weight excluding hydrogens is 315 g/mol. The summed E-state index contributed by atoms with van der Waals surface area (Å²) in [6.45, 7) is 4.30. The van der Waals surface area contributed by atoms with E-state index in [1.165, 1.54) is 5.56 Å². The Morgan fingerprint density at radius 1 is 1.06 bits per heavy atom. The van der Waals surface area contributed by atoms with Gasteiger partial charge in [-0.05, 0) is 34.6 Å². The van der Waals surface area contributed by atoms with Crippen LogP contribution < -0.4 is 0 Å². The van der Waals surface area contributed by atoms with Crippen molar-refractivity contribution in [3.05, 3.63) is 35.9 Å². The molecule has 0 radical (unpaired) electrons. The topological polar surface area (TPSA) is 18.5 Å². The van der Waals surface area contributed by atoms with Gasteiger partial charge < -0.3 is 9.47 Å². The molecule has 90 valence electrons. The predicted octanol–water partition coefficient (Wildman–Crippen LogP) is 3.64. The van der Waals surface area contributed by atoms with Crippen molar-refractivity contribution in [2.75, 3.05) is 14.2 Å². The van der Waals surface area contributed by atoms with Gasteiger partial charge in [0.15, 0.2) is 0 Å². The van der Waals surface area contributed by atoms with Gasteiger partial charge >= 0.3 is 0 Å². The van der Waals surface area contributed by atoms with E-state index in [9.17, 15) is 0 Å². The predicted molar refractivity (Wildman–Crippen MR) is 74.7 cm³/mol. The van der Waals surface area contributed by atoms with Crippen molar-refractivity contribution in [3.63, 3.8) is 0 Å². The van der Waals surface area contributed by atoms with E-state index in [0.29, 0.717) is 0 Å². The minimum Gasteiger partial charge on any atom is -0.345 e. The molecule has 0 N–H and O–H groups in total. The maximum Gasteiger partial charge on any atom is 0.226 e. The first-order chi connectivity index (χ1) is 7.45. The highest BCUT2D eigenvalue weighted by atomic mass is 127. The number of hydrogen-bond donors (Lipinski definition) is 0. The molecule has 0 aliphatic heterocycles. The highest BCUT2D eigenvalue weighted by molar-refractivity contribution is 14.1. The number of rotatable bonds is 5. The van der Waals surface area contributed by atoms with E-state index >= 15 is 0 Å². The molecule has 1 aromatic rings. The molecule has 16 heavy (non-hydrogen) atoms. The van der Waals surface area contributed by atoms with E-state index in [2.05, 4.69) is 60.7 Å². The molecule has 0 aromatic heterocycles. The van der Waals surface area contributed by atoms with Gasteiger partial charge in [0.1, 0.15) is 0 Å². The fraction of sp³-hybridized carbons (Fsp3) is 0.538. The highest BCUT2D eigenvalue weighted by Crippen LogP contribution is 2.42. The first kappa shape index (κ1) is 13.9. The lowest BCUT2D eigenvalue weighted by atomic mass is 9.85. The van der Waals surface area contributed by atoms with Crippen molar-refractivity contribution in [1.82, 2.24) is 0 Å². The van der Waals surface area contributed by atoms with Crippen LogP contribution in [-0.2, 0) is 15.9 Å². The first-order valence-corrected chi connectivity index (χ1v) is 6.36. The number of alkyl halides is 1. The molecule has 0 heterocycles. The summed E-state index contributed by atoms with van der Waals surface area (Å²) in [5, 5.41) is 0. The van der Waals surface area contributed by atoms with Gasteiger partial charge in [0.25, 0.3) is 0 Å². The van der Waals surface area contributed by atoms with Gasteiger partial charge in [-0.1, -0.05) is 44.2 Å². The molecule has 2 nitrogen and oxygen atoms in total. The average Bonchev–Trinajstić information content (AvgIpc) is 2.28. The molecule has 0 amide bonds. The van der Waals surface area contributed by atoms with Crippen molar-refractivity contribution in [2.45, 2.75) is 24.1 Å². The molecule has 0 spiro atoms. The Bertz CT molecular complexity index is 318. The summed E-state index contributed by atoms with van der Waals surface area (Å²) < 4.78 is 10.4. The number of halogens is 1. The van der Waals surface area contributed by atoms with E-state index in [-0.39, 0.29) is 5.41 Å². The molecule has 1 aromatic carbocycles. The van der Waals surface area contributed by atoms with Gasteiger partial charge in [-0.15, -0.1) is 0 Å². The monoisotopic (exact) mass is 334 g/mol. The second kappa shape index (κ2) is 5.47. The first-order valence-electron chi connectivity index (χ1n) is 5.28. The van der Waals surface area contributed by atoms with Crippen molar-refractivity contribution in [1.29, 1.82) is 0 Å². The molecule has 0 aliphatic rings. The molecule has 0 fully saturated rings. The van der Waals surface area contributed by atoms with Crippen molar-refractivity contribution >= 4 is 22.6 Å². The molecule has 0 saturated carbocycles. The van der Waals surface area contributed by atoms with Crippen LogP contribution in [0, 0.1) is 5.41 Å². The van der Waals surface area contributed by atoms with E-state index in [1.807, 2.05) is 6.07 Å².